The van der Waals surface area contributed by atoms with Crippen molar-refractivity contribution in [3.8, 4) is 0 Å². The Morgan fingerprint density at radius 1 is 1.27 bits per heavy atom. The highest BCUT2D eigenvalue weighted by molar-refractivity contribution is 7.89. The van der Waals surface area contributed by atoms with E-state index in [0.29, 0.717) is 46.1 Å². The smallest absolute Gasteiger partial charge is 0.414 e. The number of carbonyl (C=O) groups excluding carboxylic acids is 1. The van der Waals surface area contributed by atoms with E-state index in [-0.39, 0.29) is 11.8 Å². The van der Waals surface area contributed by atoms with Gasteiger partial charge in [-0.05, 0) is 36.8 Å². The fourth-order valence-electron chi connectivity index (χ4n) is 3.34. The number of nitrogens with one attached hydrogen (secondary N) is 1. The van der Waals surface area contributed by atoms with Gasteiger partial charge in [0.15, 0.2) is 9.84 Å². The SMILES string of the molecule is C[C@H]1COC(=O)N1c1cc(N)c2cnc(Nc3ccc(CS(C)(=O)=O)cc3)nc2c1. The lowest BCUT2D eigenvalue weighted by atomic mass is 10.1. The third-order valence-electron chi connectivity index (χ3n) is 4.72. The van der Waals surface area contributed by atoms with Crippen molar-refractivity contribution in [1.82, 2.24) is 9.97 Å². The van der Waals surface area contributed by atoms with Gasteiger partial charge >= 0.3 is 6.09 Å². The molecule has 1 aliphatic heterocycles. The van der Waals surface area contributed by atoms with Crippen molar-refractivity contribution in [2.45, 2.75) is 18.7 Å². The maximum Gasteiger partial charge on any atom is 0.414 e. The molecule has 156 valence electrons. The molecule has 1 amide bonds. The molecule has 30 heavy (non-hydrogen) atoms. The van der Waals surface area contributed by atoms with Crippen molar-refractivity contribution in [3.63, 3.8) is 0 Å². The third-order valence-corrected chi connectivity index (χ3v) is 5.58. The number of nitrogen functional groups attached to an aromatic ring is 1. The van der Waals surface area contributed by atoms with Crippen molar-refractivity contribution in [2.24, 2.45) is 0 Å². The normalized spacial score (nSPS) is 16.7. The maximum atomic E-state index is 12.0. The second-order valence-corrected chi connectivity index (χ2v) is 9.49. The Labute approximate surface area is 173 Å². The molecule has 1 fully saturated rings. The van der Waals surface area contributed by atoms with Gasteiger partial charge in [0.2, 0.25) is 5.95 Å². The van der Waals surface area contributed by atoms with Crippen LogP contribution in [0.1, 0.15) is 12.5 Å². The van der Waals surface area contributed by atoms with Crippen LogP contribution in [0.15, 0.2) is 42.6 Å². The van der Waals surface area contributed by atoms with E-state index in [0.717, 1.165) is 0 Å². The Kier molecular flexibility index (Phi) is 4.94. The van der Waals surface area contributed by atoms with E-state index in [4.69, 9.17) is 10.5 Å². The highest BCUT2D eigenvalue weighted by atomic mass is 32.2. The lowest BCUT2D eigenvalue weighted by molar-refractivity contribution is 0.179. The average molecular weight is 427 g/mol. The summed E-state index contributed by atoms with van der Waals surface area (Å²) in [5.41, 5.74) is 9.24. The van der Waals surface area contributed by atoms with E-state index < -0.39 is 15.9 Å². The molecule has 0 bridgehead atoms. The van der Waals surface area contributed by atoms with E-state index in [1.165, 1.54) is 6.26 Å². The molecule has 1 atom stereocenters. The van der Waals surface area contributed by atoms with Crippen LogP contribution in [0.2, 0.25) is 0 Å². The van der Waals surface area contributed by atoms with Crippen LogP contribution in [0.25, 0.3) is 10.9 Å². The summed E-state index contributed by atoms with van der Waals surface area (Å²) in [5, 5.41) is 3.77. The summed E-state index contributed by atoms with van der Waals surface area (Å²) in [6.45, 7) is 2.22. The highest BCUT2D eigenvalue weighted by Crippen LogP contribution is 2.31. The summed E-state index contributed by atoms with van der Waals surface area (Å²) in [7, 11) is -3.09. The Hall–Kier alpha value is -3.40. The number of nitrogens with zero attached hydrogens (tertiary/aromatic N) is 3. The number of sulfone groups is 1. The number of benzene rings is 2. The largest absolute Gasteiger partial charge is 0.447 e. The molecule has 3 N–H and O–H groups in total. The van der Waals surface area contributed by atoms with Crippen LogP contribution in [0, 0.1) is 0 Å². The molecule has 0 radical (unpaired) electrons. The first-order valence-corrected chi connectivity index (χ1v) is 11.3. The molecule has 1 aromatic heterocycles. The molecule has 1 aliphatic rings. The van der Waals surface area contributed by atoms with E-state index in [2.05, 4.69) is 15.3 Å². The molecule has 0 unspecified atom stereocenters. The number of ether oxygens (including phenoxy) is 1. The zero-order valence-electron chi connectivity index (χ0n) is 16.5. The monoisotopic (exact) mass is 427 g/mol. The molecule has 2 aromatic carbocycles. The van der Waals surface area contributed by atoms with Gasteiger partial charge in [-0.25, -0.2) is 23.2 Å². The van der Waals surface area contributed by atoms with Crippen LogP contribution in [0.3, 0.4) is 0 Å². The Balaban J connectivity index is 1.62. The van der Waals surface area contributed by atoms with Gasteiger partial charge in [0, 0.05) is 29.2 Å². The molecule has 9 nitrogen and oxygen atoms in total. The molecule has 0 aliphatic carbocycles. The molecular formula is C20H21N5O4S. The minimum atomic E-state index is -3.09. The van der Waals surface area contributed by atoms with Crippen molar-refractivity contribution >= 4 is 49.8 Å². The van der Waals surface area contributed by atoms with Gasteiger partial charge in [0.25, 0.3) is 0 Å². The number of cyclic esters (lactones) is 1. The number of aromatic nitrogens is 2. The standard InChI is InChI=1S/C20H21N5O4S/c1-12-10-29-20(26)25(12)15-7-17(21)16-9-22-19(24-18(16)8-15)23-14-5-3-13(4-6-14)11-30(2,27)28/h3-9,12H,10-11,21H2,1-2H3,(H,22,23,24)/t12-/m0/s1. The summed E-state index contributed by atoms with van der Waals surface area (Å²) in [5.74, 6) is 0.339. The van der Waals surface area contributed by atoms with Crippen molar-refractivity contribution in [3.05, 3.63) is 48.2 Å². The second-order valence-electron chi connectivity index (χ2n) is 7.35. The number of amides is 1. The first kappa shape index (κ1) is 19.9. The van der Waals surface area contributed by atoms with Crippen molar-refractivity contribution in [2.75, 3.05) is 28.8 Å². The summed E-state index contributed by atoms with van der Waals surface area (Å²) in [6.07, 6.45) is 2.40. The highest BCUT2D eigenvalue weighted by Gasteiger charge is 2.31. The van der Waals surface area contributed by atoms with E-state index in [9.17, 15) is 13.2 Å². The second kappa shape index (κ2) is 7.45. The molecule has 10 heteroatoms. The average Bonchev–Trinajstić information content (AvgIpc) is 3.00. The first-order chi connectivity index (χ1) is 14.2. The minimum absolute atomic E-state index is 0.0147. The molecule has 2 heterocycles. The molecule has 0 saturated carbocycles. The Bertz CT molecular complexity index is 1230. The summed E-state index contributed by atoms with van der Waals surface area (Å²) in [6, 6.07) is 10.4. The predicted octanol–water partition coefficient (Wildman–Crippen LogP) is 2.85. The van der Waals surface area contributed by atoms with Crippen LogP contribution in [0.4, 0.5) is 27.8 Å². The van der Waals surface area contributed by atoms with E-state index in [1.807, 2.05) is 6.92 Å². The van der Waals surface area contributed by atoms with Gasteiger partial charge in [0.05, 0.1) is 23.0 Å². The number of carbonyl (C=O) groups is 1. The first-order valence-electron chi connectivity index (χ1n) is 9.25. The van der Waals surface area contributed by atoms with Gasteiger partial charge in [-0.15, -0.1) is 0 Å². The van der Waals surface area contributed by atoms with E-state index >= 15 is 0 Å². The predicted molar refractivity (Wildman–Crippen MR) is 116 cm³/mol. The fourth-order valence-corrected chi connectivity index (χ4v) is 4.14. The third kappa shape index (κ3) is 4.13. The molecule has 4 rings (SSSR count). The van der Waals surface area contributed by atoms with Gasteiger partial charge in [-0.2, -0.15) is 0 Å². The quantitative estimate of drug-likeness (QED) is 0.595. The van der Waals surface area contributed by atoms with Crippen LogP contribution in [-0.2, 0) is 20.3 Å². The lowest BCUT2D eigenvalue weighted by Crippen LogP contribution is -2.30. The molecular weight excluding hydrogens is 406 g/mol. The fraction of sp³-hybridized carbons (Fsp3) is 0.250. The van der Waals surface area contributed by atoms with Crippen LogP contribution >= 0.6 is 0 Å². The zero-order valence-corrected chi connectivity index (χ0v) is 17.3. The summed E-state index contributed by atoms with van der Waals surface area (Å²) < 4.78 is 27.9. The van der Waals surface area contributed by atoms with Crippen LogP contribution in [0.5, 0.6) is 0 Å². The van der Waals surface area contributed by atoms with Gasteiger partial charge < -0.3 is 15.8 Å². The number of fused-ring (bicyclic) bond motifs is 1. The summed E-state index contributed by atoms with van der Waals surface area (Å²) in [4.78, 5) is 22.4. The van der Waals surface area contributed by atoms with Crippen molar-refractivity contribution in [1.29, 1.82) is 0 Å². The number of hydrogen-bond acceptors (Lipinski definition) is 8. The van der Waals surface area contributed by atoms with E-state index in [1.54, 1.807) is 47.5 Å². The minimum Gasteiger partial charge on any atom is -0.447 e. The Morgan fingerprint density at radius 2 is 2.00 bits per heavy atom. The Morgan fingerprint density at radius 3 is 2.63 bits per heavy atom. The maximum absolute atomic E-state index is 12.0. The lowest BCUT2D eigenvalue weighted by Gasteiger charge is -2.19. The number of anilines is 4. The van der Waals surface area contributed by atoms with Crippen LogP contribution < -0.4 is 16.0 Å². The topological polar surface area (TPSA) is 128 Å². The van der Waals surface area contributed by atoms with Gasteiger partial charge in [0.1, 0.15) is 6.61 Å². The number of nitrogens with two attached hydrogens (primary N) is 1. The van der Waals surface area contributed by atoms with Gasteiger partial charge in [-0.3, -0.25) is 4.90 Å². The van der Waals surface area contributed by atoms with Gasteiger partial charge in [-0.1, -0.05) is 12.1 Å². The zero-order chi connectivity index (χ0) is 21.5. The summed E-state index contributed by atoms with van der Waals surface area (Å²) >= 11 is 0. The molecule has 3 aromatic rings. The molecule has 0 spiro atoms. The van der Waals surface area contributed by atoms with Crippen molar-refractivity contribution < 1.29 is 17.9 Å². The molecule has 1 saturated heterocycles. The van der Waals surface area contributed by atoms with Crippen LogP contribution in [-0.4, -0.2) is 43.4 Å². The number of hydrogen-bond donors (Lipinski definition) is 2. The number of rotatable bonds is 5.